The van der Waals surface area contributed by atoms with Gasteiger partial charge in [-0.3, -0.25) is 4.72 Å². The second kappa shape index (κ2) is 7.59. The van der Waals surface area contributed by atoms with Gasteiger partial charge in [0.2, 0.25) is 0 Å². The second-order valence-corrected chi connectivity index (χ2v) is 9.21. The number of phenolic OH excluding ortho intramolecular Hbond substituents is 2. The minimum Gasteiger partial charge on any atom is -0.507 e. The van der Waals surface area contributed by atoms with Crippen LogP contribution in [0.15, 0.2) is 102 Å². The summed E-state index contributed by atoms with van der Waals surface area (Å²) in [5, 5.41) is 24.5. The molecule has 0 aliphatic heterocycles. The van der Waals surface area contributed by atoms with E-state index in [4.69, 9.17) is 0 Å². The zero-order valence-corrected chi connectivity index (χ0v) is 17.7. The van der Waals surface area contributed by atoms with Crippen LogP contribution in [-0.2, 0) is 10.0 Å². The quantitative estimate of drug-likeness (QED) is 0.304. The number of sulfonamides is 1. The predicted octanol–water partition coefficient (Wildman–Crippen LogP) is 5.87. The molecule has 0 radical (unpaired) electrons. The van der Waals surface area contributed by atoms with E-state index in [-0.39, 0.29) is 22.1 Å². The van der Waals surface area contributed by atoms with E-state index in [0.29, 0.717) is 11.1 Å². The normalized spacial score (nSPS) is 11.6. The van der Waals surface area contributed by atoms with Gasteiger partial charge in [-0.05, 0) is 57.9 Å². The molecule has 0 aliphatic rings. The Labute approximate surface area is 185 Å². The molecular weight excluding hydrogens is 422 g/mol. The average Bonchev–Trinajstić information content (AvgIpc) is 2.80. The van der Waals surface area contributed by atoms with Gasteiger partial charge in [-0.1, -0.05) is 60.7 Å². The zero-order chi connectivity index (χ0) is 22.3. The lowest BCUT2D eigenvalue weighted by Gasteiger charge is -2.14. The SMILES string of the molecule is O=S(=O)(Nc1ccc(O)c(-c2c(O)ccc3ccccc23)c1)c1ccc2ccccc2c1. The fourth-order valence-corrected chi connectivity index (χ4v) is 4.98. The van der Waals surface area contributed by atoms with Crippen molar-refractivity contribution in [3.63, 3.8) is 0 Å². The molecule has 0 bridgehead atoms. The molecule has 158 valence electrons. The summed E-state index contributed by atoms with van der Waals surface area (Å²) >= 11 is 0. The third kappa shape index (κ3) is 3.50. The van der Waals surface area contributed by atoms with Crippen LogP contribution in [0.3, 0.4) is 0 Å². The van der Waals surface area contributed by atoms with Crippen molar-refractivity contribution in [2.24, 2.45) is 0 Å². The second-order valence-electron chi connectivity index (χ2n) is 7.53. The van der Waals surface area contributed by atoms with Crippen molar-refractivity contribution in [1.82, 2.24) is 0 Å². The Hall–Kier alpha value is -4.03. The summed E-state index contributed by atoms with van der Waals surface area (Å²) < 4.78 is 28.7. The molecule has 6 heteroatoms. The van der Waals surface area contributed by atoms with E-state index in [9.17, 15) is 18.6 Å². The van der Waals surface area contributed by atoms with Gasteiger partial charge in [-0.2, -0.15) is 0 Å². The van der Waals surface area contributed by atoms with Gasteiger partial charge in [-0.25, -0.2) is 8.42 Å². The lowest BCUT2D eigenvalue weighted by Crippen LogP contribution is -2.12. The van der Waals surface area contributed by atoms with Gasteiger partial charge in [0.15, 0.2) is 0 Å². The monoisotopic (exact) mass is 441 g/mol. The minimum atomic E-state index is -3.86. The van der Waals surface area contributed by atoms with Crippen LogP contribution >= 0.6 is 0 Å². The maximum atomic E-state index is 13.0. The molecule has 5 nitrogen and oxygen atoms in total. The van der Waals surface area contributed by atoms with Crippen LogP contribution in [0.25, 0.3) is 32.7 Å². The molecule has 0 saturated heterocycles. The van der Waals surface area contributed by atoms with Gasteiger partial charge in [0, 0.05) is 16.8 Å². The standard InChI is InChI=1S/C26H19NO4S/c28-24-14-11-20(16-23(24)26-22-8-4-3-6-18(22)10-13-25(26)29)27-32(30,31)21-12-9-17-5-1-2-7-19(17)15-21/h1-16,27-29H. The molecule has 5 aromatic carbocycles. The number of nitrogens with one attached hydrogen (secondary N) is 1. The molecule has 0 aromatic heterocycles. The molecule has 5 aromatic rings. The first-order valence-electron chi connectivity index (χ1n) is 9.98. The zero-order valence-electron chi connectivity index (χ0n) is 16.9. The summed E-state index contributed by atoms with van der Waals surface area (Å²) in [5.41, 5.74) is 1.05. The highest BCUT2D eigenvalue weighted by molar-refractivity contribution is 7.92. The number of hydrogen-bond donors (Lipinski definition) is 3. The Bertz CT molecular complexity index is 1590. The Balaban J connectivity index is 1.58. The summed E-state index contributed by atoms with van der Waals surface area (Å²) in [6.45, 7) is 0. The molecule has 0 unspecified atom stereocenters. The Morgan fingerprint density at radius 2 is 1.28 bits per heavy atom. The Morgan fingerprint density at radius 3 is 2.09 bits per heavy atom. The fourth-order valence-electron chi connectivity index (χ4n) is 3.89. The van der Waals surface area contributed by atoms with E-state index in [1.807, 2.05) is 48.5 Å². The van der Waals surface area contributed by atoms with Crippen molar-refractivity contribution in [2.75, 3.05) is 4.72 Å². The number of anilines is 1. The summed E-state index contributed by atoms with van der Waals surface area (Å²) in [5.74, 6) is -0.0705. The van der Waals surface area contributed by atoms with Gasteiger partial charge in [0.25, 0.3) is 10.0 Å². The molecule has 0 amide bonds. The van der Waals surface area contributed by atoms with Crippen molar-refractivity contribution >= 4 is 37.3 Å². The van der Waals surface area contributed by atoms with Crippen LogP contribution < -0.4 is 4.72 Å². The van der Waals surface area contributed by atoms with Gasteiger partial charge in [-0.15, -0.1) is 0 Å². The molecule has 0 spiro atoms. The van der Waals surface area contributed by atoms with E-state index >= 15 is 0 Å². The highest BCUT2D eigenvalue weighted by Gasteiger charge is 2.18. The summed E-state index contributed by atoms with van der Waals surface area (Å²) in [4.78, 5) is 0.138. The highest BCUT2D eigenvalue weighted by Crippen LogP contribution is 2.42. The van der Waals surface area contributed by atoms with Crippen molar-refractivity contribution in [1.29, 1.82) is 0 Å². The molecule has 0 fully saturated rings. The Morgan fingerprint density at radius 1 is 0.625 bits per heavy atom. The van der Waals surface area contributed by atoms with Gasteiger partial charge < -0.3 is 10.2 Å². The largest absolute Gasteiger partial charge is 0.507 e. The van der Waals surface area contributed by atoms with Crippen LogP contribution in [0.4, 0.5) is 5.69 Å². The predicted molar refractivity (Wildman–Crippen MR) is 127 cm³/mol. The maximum absolute atomic E-state index is 13.0. The average molecular weight is 442 g/mol. The number of benzene rings is 5. The molecule has 3 N–H and O–H groups in total. The van der Waals surface area contributed by atoms with E-state index in [1.54, 1.807) is 30.3 Å². The van der Waals surface area contributed by atoms with Crippen LogP contribution in [0.1, 0.15) is 0 Å². The molecular formula is C26H19NO4S. The molecule has 0 aliphatic carbocycles. The number of phenols is 2. The first-order valence-corrected chi connectivity index (χ1v) is 11.5. The topological polar surface area (TPSA) is 86.6 Å². The minimum absolute atomic E-state index is 0.00598. The number of rotatable bonds is 4. The molecule has 0 saturated carbocycles. The lowest BCUT2D eigenvalue weighted by molar-refractivity contribution is 0.470. The number of hydrogen-bond acceptors (Lipinski definition) is 4. The van der Waals surface area contributed by atoms with E-state index in [1.165, 1.54) is 18.2 Å². The fraction of sp³-hybridized carbons (Fsp3) is 0. The maximum Gasteiger partial charge on any atom is 0.261 e. The molecule has 0 heterocycles. The lowest BCUT2D eigenvalue weighted by atomic mass is 9.96. The van der Waals surface area contributed by atoms with Crippen molar-refractivity contribution in [3.8, 4) is 22.6 Å². The summed E-state index contributed by atoms with van der Waals surface area (Å²) in [6.07, 6.45) is 0. The number of aromatic hydroxyl groups is 2. The van der Waals surface area contributed by atoms with Gasteiger partial charge in [0.05, 0.1) is 4.90 Å². The first-order chi connectivity index (χ1) is 15.4. The Kier molecular flexibility index (Phi) is 4.72. The van der Waals surface area contributed by atoms with E-state index in [0.717, 1.165) is 21.5 Å². The van der Waals surface area contributed by atoms with E-state index in [2.05, 4.69) is 4.72 Å². The first kappa shape index (κ1) is 19.9. The van der Waals surface area contributed by atoms with Crippen LogP contribution in [-0.4, -0.2) is 18.6 Å². The van der Waals surface area contributed by atoms with Gasteiger partial charge in [0.1, 0.15) is 11.5 Å². The molecule has 0 atom stereocenters. The summed E-state index contributed by atoms with van der Waals surface area (Å²) in [7, 11) is -3.86. The number of fused-ring (bicyclic) bond motifs is 2. The van der Waals surface area contributed by atoms with Crippen molar-refractivity contribution in [3.05, 3.63) is 97.1 Å². The van der Waals surface area contributed by atoms with E-state index < -0.39 is 10.0 Å². The highest BCUT2D eigenvalue weighted by atomic mass is 32.2. The van der Waals surface area contributed by atoms with Crippen molar-refractivity contribution < 1.29 is 18.6 Å². The molecule has 5 rings (SSSR count). The van der Waals surface area contributed by atoms with Crippen molar-refractivity contribution in [2.45, 2.75) is 4.90 Å². The van der Waals surface area contributed by atoms with Crippen LogP contribution in [0.5, 0.6) is 11.5 Å². The summed E-state index contributed by atoms with van der Waals surface area (Å²) in [6, 6.07) is 27.7. The third-order valence-electron chi connectivity index (χ3n) is 5.46. The van der Waals surface area contributed by atoms with Crippen LogP contribution in [0.2, 0.25) is 0 Å². The van der Waals surface area contributed by atoms with Crippen LogP contribution in [0, 0.1) is 0 Å². The van der Waals surface area contributed by atoms with Gasteiger partial charge >= 0.3 is 0 Å². The third-order valence-corrected chi connectivity index (χ3v) is 6.84. The molecule has 32 heavy (non-hydrogen) atoms. The smallest absolute Gasteiger partial charge is 0.261 e.